The maximum atomic E-state index is 12.8. The zero-order valence-corrected chi connectivity index (χ0v) is 15.3. The molecule has 0 radical (unpaired) electrons. The van der Waals surface area contributed by atoms with Crippen LogP contribution in [0.3, 0.4) is 0 Å². The van der Waals surface area contributed by atoms with E-state index in [1.165, 1.54) is 0 Å². The zero-order valence-electron chi connectivity index (χ0n) is 15.3. The smallest absolute Gasteiger partial charge is 0.227 e. The zero-order chi connectivity index (χ0) is 18.2. The molecule has 2 amide bonds. The van der Waals surface area contributed by atoms with Gasteiger partial charge in [0.25, 0.3) is 0 Å². The minimum absolute atomic E-state index is 0.0628. The number of fused-ring (bicyclic) bond motifs is 1. The number of benzene rings is 1. The average Bonchev–Trinajstić information content (AvgIpc) is 2.89. The van der Waals surface area contributed by atoms with Crippen LogP contribution >= 0.6 is 0 Å². The molecular weight excluding hydrogens is 316 g/mol. The fourth-order valence-corrected chi connectivity index (χ4v) is 3.87. The molecule has 136 valence electrons. The lowest BCUT2D eigenvalue weighted by molar-refractivity contribution is -0.143. The summed E-state index contributed by atoms with van der Waals surface area (Å²) < 4.78 is 0. The Kier molecular flexibility index (Phi) is 4.87. The Morgan fingerprint density at radius 2 is 1.96 bits per heavy atom. The summed E-state index contributed by atoms with van der Waals surface area (Å²) in [7, 11) is 0. The molecule has 1 aromatic rings. The van der Waals surface area contributed by atoms with Crippen molar-refractivity contribution in [2.24, 2.45) is 11.3 Å². The second-order valence-corrected chi connectivity index (χ2v) is 8.30. The molecule has 2 aliphatic rings. The van der Waals surface area contributed by atoms with E-state index in [0.29, 0.717) is 13.0 Å². The van der Waals surface area contributed by atoms with E-state index in [1.54, 1.807) is 0 Å². The van der Waals surface area contributed by atoms with Gasteiger partial charge in [0.2, 0.25) is 11.8 Å². The van der Waals surface area contributed by atoms with Crippen LogP contribution < -0.4 is 5.32 Å². The number of aliphatic hydroxyl groups excluding tert-OH is 1. The molecule has 1 fully saturated rings. The van der Waals surface area contributed by atoms with Crippen LogP contribution in [-0.4, -0.2) is 41.0 Å². The van der Waals surface area contributed by atoms with Crippen LogP contribution in [0.15, 0.2) is 24.3 Å². The third-order valence-corrected chi connectivity index (χ3v) is 5.22. The summed E-state index contributed by atoms with van der Waals surface area (Å²) in [5.41, 5.74) is 1.66. The Hall–Kier alpha value is -1.88. The van der Waals surface area contributed by atoms with Gasteiger partial charge >= 0.3 is 0 Å². The standard InChI is InChI=1S/C20H28N2O3/c1-20(2,3)19(25)22-10-6-8-14(12-22)18(24)21-17-15-9-5-4-7-13(15)11-16(17)23/h4-5,7,9,14,16-17,23H,6,8,10-12H2,1-3H3,(H,21,24)/t14-,16+,17+/m0/s1. The molecule has 0 spiro atoms. The normalized spacial score (nSPS) is 26.2. The summed E-state index contributed by atoms with van der Waals surface area (Å²) in [5.74, 6) is -0.177. The van der Waals surface area contributed by atoms with Crippen LogP contribution in [0.1, 0.15) is 50.8 Å². The number of hydrogen-bond donors (Lipinski definition) is 2. The number of likely N-dealkylation sites (tertiary alicyclic amines) is 1. The van der Waals surface area contributed by atoms with Crippen LogP contribution in [0.25, 0.3) is 0 Å². The lowest BCUT2D eigenvalue weighted by Gasteiger charge is -2.36. The molecule has 3 rings (SSSR count). The van der Waals surface area contributed by atoms with Gasteiger partial charge in [-0.2, -0.15) is 0 Å². The highest BCUT2D eigenvalue weighted by molar-refractivity contribution is 5.84. The molecule has 0 saturated carbocycles. The van der Waals surface area contributed by atoms with E-state index < -0.39 is 11.5 Å². The first-order chi connectivity index (χ1) is 11.8. The Balaban J connectivity index is 1.66. The van der Waals surface area contributed by atoms with Crippen molar-refractivity contribution < 1.29 is 14.7 Å². The molecule has 2 N–H and O–H groups in total. The lowest BCUT2D eigenvalue weighted by atomic mass is 9.90. The molecule has 3 atom stereocenters. The molecular formula is C20H28N2O3. The third kappa shape index (κ3) is 3.71. The number of amides is 2. The van der Waals surface area contributed by atoms with Crippen LogP contribution in [0.4, 0.5) is 0 Å². The number of rotatable bonds is 2. The number of carbonyl (C=O) groups excluding carboxylic acids is 2. The van der Waals surface area contributed by atoms with E-state index in [4.69, 9.17) is 0 Å². The highest BCUT2D eigenvalue weighted by atomic mass is 16.3. The largest absolute Gasteiger partial charge is 0.390 e. The maximum Gasteiger partial charge on any atom is 0.227 e. The van der Waals surface area contributed by atoms with Gasteiger partial charge in [-0.3, -0.25) is 9.59 Å². The fourth-order valence-electron chi connectivity index (χ4n) is 3.87. The van der Waals surface area contributed by atoms with Gasteiger partial charge in [0.05, 0.1) is 18.1 Å². The van der Waals surface area contributed by atoms with Gasteiger partial charge in [-0.1, -0.05) is 45.0 Å². The van der Waals surface area contributed by atoms with Crippen molar-refractivity contribution in [2.45, 2.75) is 52.2 Å². The van der Waals surface area contributed by atoms with Crippen LogP contribution in [0, 0.1) is 11.3 Å². The molecule has 1 aliphatic heterocycles. The van der Waals surface area contributed by atoms with E-state index in [9.17, 15) is 14.7 Å². The van der Waals surface area contributed by atoms with Crippen LogP contribution in [-0.2, 0) is 16.0 Å². The van der Waals surface area contributed by atoms with Gasteiger partial charge in [0.15, 0.2) is 0 Å². The highest BCUT2D eigenvalue weighted by Crippen LogP contribution is 2.32. The van der Waals surface area contributed by atoms with Crippen molar-refractivity contribution >= 4 is 11.8 Å². The summed E-state index contributed by atoms with van der Waals surface area (Å²) in [6, 6.07) is 7.49. The number of nitrogens with zero attached hydrogens (tertiary/aromatic N) is 1. The van der Waals surface area contributed by atoms with Crippen LogP contribution in [0.5, 0.6) is 0 Å². The molecule has 25 heavy (non-hydrogen) atoms. The van der Waals surface area contributed by atoms with Crippen molar-refractivity contribution in [3.8, 4) is 0 Å². The Bertz CT molecular complexity index is 665. The van der Waals surface area contributed by atoms with Crippen LogP contribution in [0.2, 0.25) is 0 Å². The molecule has 0 unspecified atom stereocenters. The number of hydrogen-bond acceptors (Lipinski definition) is 3. The monoisotopic (exact) mass is 344 g/mol. The van der Waals surface area contributed by atoms with Gasteiger partial charge < -0.3 is 15.3 Å². The van der Waals surface area contributed by atoms with Crippen molar-refractivity contribution in [3.63, 3.8) is 0 Å². The van der Waals surface area contributed by atoms with Gasteiger partial charge in [-0.15, -0.1) is 0 Å². The van der Waals surface area contributed by atoms with Gasteiger partial charge in [-0.05, 0) is 24.0 Å². The quantitative estimate of drug-likeness (QED) is 0.863. The van der Waals surface area contributed by atoms with E-state index in [1.807, 2.05) is 49.9 Å². The van der Waals surface area contributed by atoms with E-state index >= 15 is 0 Å². The first-order valence-electron chi connectivity index (χ1n) is 9.13. The van der Waals surface area contributed by atoms with E-state index in [0.717, 1.165) is 30.5 Å². The van der Waals surface area contributed by atoms with Crippen molar-refractivity contribution in [1.29, 1.82) is 0 Å². The minimum atomic E-state index is -0.586. The Morgan fingerprint density at radius 3 is 2.68 bits per heavy atom. The molecule has 0 aromatic heterocycles. The molecule has 1 saturated heterocycles. The summed E-state index contributed by atoms with van der Waals surface area (Å²) in [6.45, 7) is 6.90. The second kappa shape index (κ2) is 6.79. The topological polar surface area (TPSA) is 69.6 Å². The number of piperidine rings is 1. The average molecular weight is 344 g/mol. The van der Waals surface area contributed by atoms with E-state index in [-0.39, 0.29) is 23.8 Å². The predicted molar refractivity (Wildman–Crippen MR) is 95.8 cm³/mol. The Morgan fingerprint density at radius 1 is 1.24 bits per heavy atom. The molecule has 0 bridgehead atoms. The maximum absolute atomic E-state index is 12.8. The lowest BCUT2D eigenvalue weighted by Crippen LogP contribution is -2.49. The summed E-state index contributed by atoms with van der Waals surface area (Å²) in [5, 5.41) is 13.4. The van der Waals surface area contributed by atoms with Gasteiger partial charge in [-0.25, -0.2) is 0 Å². The number of nitrogens with one attached hydrogen (secondary N) is 1. The third-order valence-electron chi connectivity index (χ3n) is 5.22. The van der Waals surface area contributed by atoms with Crippen molar-refractivity contribution in [2.75, 3.05) is 13.1 Å². The summed E-state index contributed by atoms with van der Waals surface area (Å²) >= 11 is 0. The van der Waals surface area contributed by atoms with Gasteiger partial charge in [0.1, 0.15) is 0 Å². The minimum Gasteiger partial charge on any atom is -0.390 e. The van der Waals surface area contributed by atoms with Crippen molar-refractivity contribution in [1.82, 2.24) is 10.2 Å². The molecule has 5 heteroatoms. The fraction of sp³-hybridized carbons (Fsp3) is 0.600. The molecule has 1 aliphatic carbocycles. The van der Waals surface area contributed by atoms with Crippen molar-refractivity contribution in [3.05, 3.63) is 35.4 Å². The number of aliphatic hydroxyl groups is 1. The van der Waals surface area contributed by atoms with E-state index in [2.05, 4.69) is 5.32 Å². The van der Waals surface area contributed by atoms with Gasteiger partial charge in [0, 0.05) is 24.9 Å². The molecule has 1 aromatic carbocycles. The highest BCUT2D eigenvalue weighted by Gasteiger charge is 2.36. The Labute approximate surface area is 149 Å². The predicted octanol–water partition coefficient (Wildman–Crippen LogP) is 2.05. The molecule has 1 heterocycles. The first kappa shape index (κ1) is 17.9. The molecule has 5 nitrogen and oxygen atoms in total. The summed E-state index contributed by atoms with van der Waals surface area (Å²) in [4.78, 5) is 27.1. The first-order valence-corrected chi connectivity index (χ1v) is 9.13. The number of carbonyl (C=O) groups is 2. The summed E-state index contributed by atoms with van der Waals surface area (Å²) in [6.07, 6.45) is 1.60. The SMILES string of the molecule is CC(C)(C)C(=O)N1CCC[C@H](C(=O)N[C@@H]2c3ccccc3C[C@H]2O)C1. The second-order valence-electron chi connectivity index (χ2n) is 8.30.